The summed E-state index contributed by atoms with van der Waals surface area (Å²) in [6.07, 6.45) is 0. The molecular formula is C15H16FNO. The largest absolute Gasteiger partial charge is 0.457 e. The quantitative estimate of drug-likeness (QED) is 0.888. The van der Waals surface area contributed by atoms with Gasteiger partial charge in [0.25, 0.3) is 0 Å². The second-order valence-corrected chi connectivity index (χ2v) is 4.34. The van der Waals surface area contributed by atoms with Crippen molar-refractivity contribution in [2.45, 2.75) is 19.9 Å². The van der Waals surface area contributed by atoms with Crippen molar-refractivity contribution in [2.75, 3.05) is 0 Å². The van der Waals surface area contributed by atoms with Crippen LogP contribution in [0, 0.1) is 12.7 Å². The number of ether oxygens (including phenoxy) is 1. The topological polar surface area (TPSA) is 35.2 Å². The lowest BCUT2D eigenvalue weighted by molar-refractivity contribution is 0.469. The molecule has 0 spiro atoms. The second-order valence-electron chi connectivity index (χ2n) is 4.34. The zero-order valence-corrected chi connectivity index (χ0v) is 10.5. The van der Waals surface area contributed by atoms with E-state index in [1.54, 1.807) is 19.1 Å². The lowest BCUT2D eigenvalue weighted by Gasteiger charge is -2.13. The van der Waals surface area contributed by atoms with E-state index in [0.29, 0.717) is 17.1 Å². The maximum atomic E-state index is 13.2. The Bertz CT molecular complexity index is 552. The van der Waals surface area contributed by atoms with Crippen molar-refractivity contribution in [3.8, 4) is 11.5 Å². The summed E-state index contributed by atoms with van der Waals surface area (Å²) in [5, 5.41) is 0. The Morgan fingerprint density at radius 3 is 2.56 bits per heavy atom. The van der Waals surface area contributed by atoms with Crippen LogP contribution in [0.5, 0.6) is 11.5 Å². The van der Waals surface area contributed by atoms with Gasteiger partial charge in [-0.3, -0.25) is 0 Å². The molecule has 0 aliphatic rings. The highest BCUT2D eigenvalue weighted by Crippen LogP contribution is 2.29. The Hall–Kier alpha value is -1.87. The van der Waals surface area contributed by atoms with Crippen LogP contribution in [-0.2, 0) is 0 Å². The predicted octanol–water partition coefficient (Wildman–Crippen LogP) is 3.95. The van der Waals surface area contributed by atoms with Gasteiger partial charge in [-0.15, -0.1) is 0 Å². The van der Waals surface area contributed by atoms with E-state index in [2.05, 4.69) is 0 Å². The first-order valence-electron chi connectivity index (χ1n) is 5.86. The molecule has 18 heavy (non-hydrogen) atoms. The van der Waals surface area contributed by atoms with Crippen molar-refractivity contribution in [1.29, 1.82) is 0 Å². The SMILES string of the molecule is Cc1cc(Oc2ccccc2[C@H](C)N)ccc1F. The van der Waals surface area contributed by atoms with Crippen molar-refractivity contribution < 1.29 is 9.13 Å². The molecule has 0 saturated heterocycles. The van der Waals surface area contributed by atoms with Gasteiger partial charge in [0.2, 0.25) is 0 Å². The predicted molar refractivity (Wildman–Crippen MR) is 70.3 cm³/mol. The van der Waals surface area contributed by atoms with Crippen LogP contribution in [0.3, 0.4) is 0 Å². The van der Waals surface area contributed by atoms with Gasteiger partial charge >= 0.3 is 0 Å². The second kappa shape index (κ2) is 5.19. The van der Waals surface area contributed by atoms with Crippen LogP contribution in [0.2, 0.25) is 0 Å². The number of para-hydroxylation sites is 1. The molecular weight excluding hydrogens is 229 g/mol. The highest BCUT2D eigenvalue weighted by molar-refractivity contribution is 5.40. The molecule has 2 aromatic rings. The molecule has 0 bridgehead atoms. The van der Waals surface area contributed by atoms with E-state index in [-0.39, 0.29) is 11.9 Å². The third-order valence-electron chi connectivity index (χ3n) is 2.77. The first kappa shape index (κ1) is 12.6. The minimum absolute atomic E-state index is 0.109. The maximum absolute atomic E-state index is 13.2. The summed E-state index contributed by atoms with van der Waals surface area (Å²) in [7, 11) is 0. The fourth-order valence-electron chi connectivity index (χ4n) is 1.76. The monoisotopic (exact) mass is 245 g/mol. The Labute approximate surface area is 106 Å². The van der Waals surface area contributed by atoms with E-state index in [4.69, 9.17) is 10.5 Å². The molecule has 0 unspecified atom stereocenters. The van der Waals surface area contributed by atoms with Gasteiger partial charge in [-0.2, -0.15) is 0 Å². The highest BCUT2D eigenvalue weighted by atomic mass is 19.1. The average molecular weight is 245 g/mol. The number of rotatable bonds is 3. The van der Waals surface area contributed by atoms with Crippen LogP contribution >= 0.6 is 0 Å². The fraction of sp³-hybridized carbons (Fsp3) is 0.200. The van der Waals surface area contributed by atoms with Crippen LogP contribution in [-0.4, -0.2) is 0 Å². The highest BCUT2D eigenvalue weighted by Gasteiger charge is 2.08. The van der Waals surface area contributed by atoms with Gasteiger partial charge in [0, 0.05) is 11.6 Å². The van der Waals surface area contributed by atoms with Gasteiger partial charge in [0.1, 0.15) is 17.3 Å². The van der Waals surface area contributed by atoms with Crippen molar-refractivity contribution >= 4 is 0 Å². The molecule has 0 aromatic heterocycles. The summed E-state index contributed by atoms with van der Waals surface area (Å²) in [6, 6.07) is 12.2. The molecule has 0 saturated carbocycles. The van der Waals surface area contributed by atoms with Crippen molar-refractivity contribution in [3.05, 3.63) is 59.4 Å². The van der Waals surface area contributed by atoms with Gasteiger partial charge in [-0.1, -0.05) is 18.2 Å². The summed E-state index contributed by atoms with van der Waals surface area (Å²) in [6.45, 7) is 3.61. The number of benzene rings is 2. The molecule has 0 radical (unpaired) electrons. The molecule has 1 atom stereocenters. The smallest absolute Gasteiger partial charge is 0.132 e. The first-order chi connectivity index (χ1) is 8.58. The van der Waals surface area contributed by atoms with E-state index in [1.165, 1.54) is 6.07 Å². The van der Waals surface area contributed by atoms with Crippen LogP contribution in [0.15, 0.2) is 42.5 Å². The zero-order valence-electron chi connectivity index (χ0n) is 10.5. The van der Waals surface area contributed by atoms with Gasteiger partial charge in [0.15, 0.2) is 0 Å². The van der Waals surface area contributed by atoms with E-state index in [0.717, 1.165) is 5.56 Å². The van der Waals surface area contributed by atoms with Crippen LogP contribution in [0.1, 0.15) is 24.1 Å². The molecule has 2 aromatic carbocycles. The number of hydrogen-bond acceptors (Lipinski definition) is 2. The Balaban J connectivity index is 2.31. The molecule has 2 nitrogen and oxygen atoms in total. The molecule has 0 amide bonds. The van der Waals surface area contributed by atoms with Crippen molar-refractivity contribution in [2.24, 2.45) is 5.73 Å². The van der Waals surface area contributed by atoms with E-state index in [9.17, 15) is 4.39 Å². The normalized spacial score (nSPS) is 12.2. The van der Waals surface area contributed by atoms with Gasteiger partial charge in [-0.25, -0.2) is 4.39 Å². The molecule has 2 N–H and O–H groups in total. The molecule has 94 valence electrons. The first-order valence-corrected chi connectivity index (χ1v) is 5.86. The standard InChI is InChI=1S/C15H16FNO/c1-10-9-12(7-8-14(10)16)18-15-6-4-3-5-13(15)11(2)17/h3-9,11H,17H2,1-2H3/t11-/m0/s1. The molecule has 0 heterocycles. The molecule has 0 aliphatic heterocycles. The molecule has 0 fully saturated rings. The van der Waals surface area contributed by atoms with E-state index in [1.807, 2.05) is 31.2 Å². The summed E-state index contributed by atoms with van der Waals surface area (Å²) in [4.78, 5) is 0. The minimum atomic E-state index is -0.233. The lowest BCUT2D eigenvalue weighted by Crippen LogP contribution is -2.06. The number of hydrogen-bond donors (Lipinski definition) is 1. The summed E-state index contributed by atoms with van der Waals surface area (Å²) < 4.78 is 18.9. The number of aryl methyl sites for hydroxylation is 1. The van der Waals surface area contributed by atoms with Crippen LogP contribution < -0.4 is 10.5 Å². The van der Waals surface area contributed by atoms with Gasteiger partial charge < -0.3 is 10.5 Å². The Morgan fingerprint density at radius 1 is 1.17 bits per heavy atom. The fourth-order valence-corrected chi connectivity index (χ4v) is 1.76. The van der Waals surface area contributed by atoms with E-state index < -0.39 is 0 Å². The summed E-state index contributed by atoms with van der Waals surface area (Å²) in [5.74, 6) is 1.09. The Kier molecular flexibility index (Phi) is 3.63. The average Bonchev–Trinajstić information content (AvgIpc) is 2.34. The summed E-state index contributed by atoms with van der Waals surface area (Å²) >= 11 is 0. The van der Waals surface area contributed by atoms with E-state index >= 15 is 0 Å². The van der Waals surface area contributed by atoms with Gasteiger partial charge in [-0.05, 0) is 43.7 Å². The minimum Gasteiger partial charge on any atom is -0.457 e. The van der Waals surface area contributed by atoms with Crippen molar-refractivity contribution in [3.63, 3.8) is 0 Å². The number of nitrogens with two attached hydrogens (primary N) is 1. The maximum Gasteiger partial charge on any atom is 0.132 e. The molecule has 3 heteroatoms. The Morgan fingerprint density at radius 2 is 1.89 bits per heavy atom. The van der Waals surface area contributed by atoms with Crippen LogP contribution in [0.4, 0.5) is 4.39 Å². The lowest BCUT2D eigenvalue weighted by atomic mass is 10.1. The third kappa shape index (κ3) is 2.68. The summed E-state index contributed by atoms with van der Waals surface area (Å²) in [5.41, 5.74) is 7.37. The molecule has 0 aliphatic carbocycles. The zero-order chi connectivity index (χ0) is 13.1. The molecule has 2 rings (SSSR count). The third-order valence-corrected chi connectivity index (χ3v) is 2.77. The number of halogens is 1. The van der Waals surface area contributed by atoms with Crippen LogP contribution in [0.25, 0.3) is 0 Å². The van der Waals surface area contributed by atoms with Crippen molar-refractivity contribution in [1.82, 2.24) is 0 Å². The van der Waals surface area contributed by atoms with Gasteiger partial charge in [0.05, 0.1) is 0 Å².